The van der Waals surface area contributed by atoms with Crippen LogP contribution < -0.4 is 29.6 Å². The van der Waals surface area contributed by atoms with Crippen molar-refractivity contribution in [2.24, 2.45) is 5.92 Å². The van der Waals surface area contributed by atoms with Crippen molar-refractivity contribution >= 4 is 23.3 Å². The minimum atomic E-state index is -0.481. The molecule has 0 saturated heterocycles. The van der Waals surface area contributed by atoms with Gasteiger partial charge in [-0.25, -0.2) is 4.79 Å². The van der Waals surface area contributed by atoms with E-state index < -0.39 is 12.1 Å². The Kier molecular flexibility index (Phi) is 12.8. The second-order valence-corrected chi connectivity index (χ2v) is 13.2. The van der Waals surface area contributed by atoms with Crippen molar-refractivity contribution in [2.45, 2.75) is 64.8 Å². The molecular weight excluding hydrogens is 640 g/mol. The molecule has 270 valence electrons. The minimum absolute atomic E-state index is 0.0741. The van der Waals surface area contributed by atoms with Crippen molar-refractivity contribution in [1.82, 2.24) is 9.80 Å². The van der Waals surface area contributed by atoms with Gasteiger partial charge in [-0.1, -0.05) is 13.0 Å². The first-order valence-corrected chi connectivity index (χ1v) is 17.3. The highest BCUT2D eigenvalue weighted by Gasteiger charge is 2.30. The number of nitrogens with one attached hydrogen (secondary N) is 2. The summed E-state index contributed by atoms with van der Waals surface area (Å²) in [6, 6.07) is 17.1. The Hall–Kier alpha value is -4.52. The largest absolute Gasteiger partial charge is 0.497 e. The molecule has 0 radical (unpaired) electrons. The lowest BCUT2D eigenvalue weighted by Crippen LogP contribution is -2.47. The lowest BCUT2D eigenvalue weighted by molar-refractivity contribution is -0.0177. The fourth-order valence-electron chi connectivity index (χ4n) is 6.15. The lowest BCUT2D eigenvalue weighted by atomic mass is 10.0. The summed E-state index contributed by atoms with van der Waals surface area (Å²) >= 11 is 0. The predicted octanol–water partition coefficient (Wildman–Crippen LogP) is 6.00. The summed E-state index contributed by atoms with van der Waals surface area (Å²) < 4.78 is 29.1. The first kappa shape index (κ1) is 36.8. The molecule has 3 aromatic rings. The van der Waals surface area contributed by atoms with E-state index >= 15 is 0 Å². The summed E-state index contributed by atoms with van der Waals surface area (Å²) in [5, 5.41) is 15.9. The second kappa shape index (κ2) is 17.4. The number of urea groups is 1. The van der Waals surface area contributed by atoms with Gasteiger partial charge in [-0.2, -0.15) is 0 Å². The van der Waals surface area contributed by atoms with E-state index in [-0.39, 0.29) is 37.4 Å². The van der Waals surface area contributed by atoms with Gasteiger partial charge in [0.2, 0.25) is 6.79 Å². The summed E-state index contributed by atoms with van der Waals surface area (Å²) in [4.78, 5) is 31.2. The van der Waals surface area contributed by atoms with Gasteiger partial charge in [-0.3, -0.25) is 9.69 Å². The molecule has 3 aromatic carbocycles. The monoisotopic (exact) mass is 690 g/mol. The number of benzene rings is 3. The fourth-order valence-corrected chi connectivity index (χ4v) is 6.15. The number of hydrogen-bond acceptors (Lipinski definition) is 9. The van der Waals surface area contributed by atoms with Crippen LogP contribution in [0.1, 0.15) is 56.0 Å². The van der Waals surface area contributed by atoms with Crippen molar-refractivity contribution in [1.29, 1.82) is 0 Å². The Morgan fingerprint density at radius 1 is 1.00 bits per heavy atom. The van der Waals surface area contributed by atoms with Gasteiger partial charge >= 0.3 is 6.03 Å². The normalized spacial score (nSPS) is 20.3. The lowest BCUT2D eigenvalue weighted by Gasteiger charge is -2.36. The van der Waals surface area contributed by atoms with Crippen LogP contribution in [-0.4, -0.2) is 92.3 Å². The van der Waals surface area contributed by atoms with Crippen molar-refractivity contribution in [3.05, 3.63) is 71.8 Å². The van der Waals surface area contributed by atoms with E-state index in [0.29, 0.717) is 54.7 Å². The van der Waals surface area contributed by atoms with Gasteiger partial charge < -0.3 is 44.3 Å². The number of fused-ring (bicyclic) bond motifs is 2. The molecule has 2 heterocycles. The number of ether oxygens (including phenoxy) is 5. The van der Waals surface area contributed by atoms with Crippen LogP contribution >= 0.6 is 0 Å². The highest BCUT2D eigenvalue weighted by atomic mass is 16.7. The molecule has 12 nitrogen and oxygen atoms in total. The standard InChI is InChI=1S/C38H50N4O8/c1-25-20-42(26(2)23-43)37(44)32-19-30(40-38(45)39-29-10-13-31(46-5)14-11-29)12-16-33(32)50-27(3)8-6-7-17-47-36(25)22-41(4)21-28-9-15-34-35(18-28)49-24-48-34/h9-16,18-19,25-27,36,43H,6-8,17,20-24H2,1-5H3,(H2,39,40,45)/t25-,26-,27+,36-/m0/s1. The Morgan fingerprint density at radius 3 is 2.48 bits per heavy atom. The van der Waals surface area contributed by atoms with E-state index in [2.05, 4.69) is 29.5 Å². The number of likely N-dealkylation sites (N-methyl/N-ethyl adjacent to an activating group) is 1. The molecule has 50 heavy (non-hydrogen) atoms. The smallest absolute Gasteiger partial charge is 0.323 e. The third kappa shape index (κ3) is 9.80. The number of nitrogens with zero attached hydrogens (tertiary/aromatic N) is 2. The summed E-state index contributed by atoms with van der Waals surface area (Å²) in [7, 11) is 3.63. The van der Waals surface area contributed by atoms with E-state index in [4.69, 9.17) is 23.7 Å². The van der Waals surface area contributed by atoms with Gasteiger partial charge in [-0.15, -0.1) is 0 Å². The molecule has 0 unspecified atom stereocenters. The molecule has 0 fully saturated rings. The molecule has 0 aromatic heterocycles. The topological polar surface area (TPSA) is 131 Å². The molecule has 0 bridgehead atoms. The van der Waals surface area contributed by atoms with Gasteiger partial charge in [0.1, 0.15) is 11.5 Å². The number of amides is 3. The minimum Gasteiger partial charge on any atom is -0.497 e. The molecular formula is C38H50N4O8. The first-order valence-electron chi connectivity index (χ1n) is 17.3. The maximum atomic E-state index is 14.4. The Bertz CT molecular complexity index is 1590. The van der Waals surface area contributed by atoms with Crippen LogP contribution in [0.2, 0.25) is 0 Å². The van der Waals surface area contributed by atoms with Crippen molar-refractivity contribution < 1.29 is 38.4 Å². The number of aliphatic hydroxyl groups excluding tert-OH is 1. The summed E-state index contributed by atoms with van der Waals surface area (Å²) in [6.45, 7) is 8.15. The molecule has 2 aliphatic heterocycles. The third-order valence-electron chi connectivity index (χ3n) is 9.04. The zero-order chi connectivity index (χ0) is 35.6. The fraction of sp³-hybridized carbons (Fsp3) is 0.474. The zero-order valence-corrected chi connectivity index (χ0v) is 29.6. The maximum Gasteiger partial charge on any atom is 0.323 e. The van der Waals surface area contributed by atoms with Crippen LogP contribution in [0.4, 0.5) is 16.2 Å². The van der Waals surface area contributed by atoms with Gasteiger partial charge in [0.15, 0.2) is 11.5 Å². The van der Waals surface area contributed by atoms with Gasteiger partial charge in [-0.05, 0) is 100 Å². The molecule has 3 N–H and O–H groups in total. The molecule has 12 heteroatoms. The quantitative estimate of drug-likeness (QED) is 0.248. The predicted molar refractivity (Wildman–Crippen MR) is 191 cm³/mol. The molecule has 0 aliphatic carbocycles. The van der Waals surface area contributed by atoms with E-state index in [1.807, 2.05) is 32.0 Å². The summed E-state index contributed by atoms with van der Waals surface area (Å²) in [5.74, 6) is 2.24. The number of carbonyl (C=O) groups excluding carboxylic acids is 2. The second-order valence-electron chi connectivity index (χ2n) is 13.2. The zero-order valence-electron chi connectivity index (χ0n) is 29.6. The van der Waals surface area contributed by atoms with Crippen LogP contribution in [0.15, 0.2) is 60.7 Å². The number of anilines is 2. The summed E-state index contributed by atoms with van der Waals surface area (Å²) in [5.41, 5.74) is 2.42. The number of aliphatic hydroxyl groups is 1. The SMILES string of the molecule is COc1ccc(NC(=O)Nc2ccc3c(c2)C(=O)N([C@@H](C)CO)C[C@H](C)[C@H](CN(C)Cc2ccc4c(c2)OCO4)OCCCC[C@@H](C)O3)cc1. The van der Waals surface area contributed by atoms with E-state index in [1.165, 1.54) is 0 Å². The average Bonchev–Trinajstić information content (AvgIpc) is 3.58. The van der Waals surface area contributed by atoms with Gasteiger partial charge in [0, 0.05) is 43.5 Å². The molecule has 0 spiro atoms. The van der Waals surface area contributed by atoms with Crippen molar-refractivity contribution in [2.75, 3.05) is 57.9 Å². The van der Waals surface area contributed by atoms with Crippen LogP contribution in [0, 0.1) is 5.92 Å². The van der Waals surface area contributed by atoms with Crippen LogP contribution in [0.3, 0.4) is 0 Å². The van der Waals surface area contributed by atoms with E-state index in [0.717, 1.165) is 36.3 Å². The van der Waals surface area contributed by atoms with Gasteiger partial charge in [0.25, 0.3) is 5.91 Å². The molecule has 3 amide bonds. The van der Waals surface area contributed by atoms with Crippen LogP contribution in [-0.2, 0) is 11.3 Å². The Balaban J connectivity index is 1.35. The Morgan fingerprint density at radius 2 is 1.72 bits per heavy atom. The Labute approximate surface area is 294 Å². The van der Waals surface area contributed by atoms with Crippen LogP contribution in [0.5, 0.6) is 23.0 Å². The van der Waals surface area contributed by atoms with Gasteiger partial charge in [0.05, 0.1) is 37.5 Å². The third-order valence-corrected chi connectivity index (χ3v) is 9.04. The number of carbonyl (C=O) groups is 2. The number of methoxy groups -OCH3 is 1. The summed E-state index contributed by atoms with van der Waals surface area (Å²) in [6.07, 6.45) is 2.21. The molecule has 4 atom stereocenters. The molecule has 5 rings (SSSR count). The van der Waals surface area contributed by atoms with Crippen molar-refractivity contribution in [3.63, 3.8) is 0 Å². The highest BCUT2D eigenvalue weighted by molar-refractivity contribution is 6.02. The first-order chi connectivity index (χ1) is 24.1. The van der Waals surface area contributed by atoms with Crippen LogP contribution in [0.25, 0.3) is 0 Å². The molecule has 2 aliphatic rings. The highest BCUT2D eigenvalue weighted by Crippen LogP contribution is 2.33. The average molecular weight is 691 g/mol. The van der Waals surface area contributed by atoms with E-state index in [1.54, 1.807) is 54.5 Å². The van der Waals surface area contributed by atoms with Crippen molar-refractivity contribution in [3.8, 4) is 23.0 Å². The molecule has 0 saturated carbocycles. The van der Waals surface area contributed by atoms with E-state index in [9.17, 15) is 14.7 Å². The maximum absolute atomic E-state index is 14.4. The number of rotatable bonds is 9. The number of hydrogen-bond donors (Lipinski definition) is 3.